The predicted octanol–water partition coefficient (Wildman–Crippen LogP) is 2.00. The van der Waals surface area contributed by atoms with Gasteiger partial charge in [0.2, 0.25) is 5.91 Å². The lowest BCUT2D eigenvalue weighted by molar-refractivity contribution is -0.130. The smallest absolute Gasteiger partial charge is 0.230 e. The largest absolute Gasteiger partial charge is 0.334 e. The van der Waals surface area contributed by atoms with Gasteiger partial charge in [-0.25, -0.2) is 0 Å². The fourth-order valence-corrected chi connectivity index (χ4v) is 3.16. The van der Waals surface area contributed by atoms with Crippen LogP contribution < -0.4 is 0 Å². The number of hydrogen-bond donors (Lipinski definition) is 0. The highest BCUT2D eigenvalue weighted by Crippen LogP contribution is 2.46. The first kappa shape index (κ1) is 11.6. The Balaban J connectivity index is 1.96. The zero-order valence-corrected chi connectivity index (χ0v) is 10.3. The van der Waals surface area contributed by atoms with Crippen molar-refractivity contribution in [3.63, 3.8) is 0 Å². The Hall–Kier alpha value is -0.860. The summed E-state index contributed by atoms with van der Waals surface area (Å²) >= 11 is 0. The Labute approximate surface area is 97.2 Å². The number of likely N-dealkylation sites (tertiary alicyclic amines) is 1. The molecule has 0 N–H and O–H groups in total. The number of carbonyl (C=O) groups excluding carboxylic acids is 2. The molecule has 1 saturated carbocycles. The Morgan fingerprint density at radius 2 is 2.00 bits per heavy atom. The lowest BCUT2D eigenvalue weighted by atomic mass is 9.64. The molecule has 2 rings (SSSR count). The molecule has 0 atom stereocenters. The molecular weight excluding hydrogens is 202 g/mol. The zero-order chi connectivity index (χ0) is 11.8. The molecule has 3 heteroatoms. The maximum atomic E-state index is 11.6. The Morgan fingerprint density at radius 3 is 2.38 bits per heavy atom. The standard InChI is InChI=1S/C13H21NO2/c1-10(2)7-13(4-3-5-13)9-14-8-11(15)6-12(14)16/h10H,3-9H2,1-2H3. The fraction of sp³-hybridized carbons (Fsp3) is 0.846. The second kappa shape index (κ2) is 4.19. The summed E-state index contributed by atoms with van der Waals surface area (Å²) in [5.41, 5.74) is 0.328. The highest BCUT2D eigenvalue weighted by molar-refractivity contribution is 6.05. The van der Waals surface area contributed by atoms with E-state index in [4.69, 9.17) is 0 Å². The normalized spacial score (nSPS) is 24.1. The summed E-state index contributed by atoms with van der Waals surface area (Å²) in [6.07, 6.45) is 5.05. The van der Waals surface area contributed by atoms with Crippen LogP contribution in [-0.4, -0.2) is 29.7 Å². The Bertz CT molecular complexity index is 305. The monoisotopic (exact) mass is 223 g/mol. The van der Waals surface area contributed by atoms with Crippen molar-refractivity contribution in [2.75, 3.05) is 13.1 Å². The van der Waals surface area contributed by atoms with Crippen molar-refractivity contribution < 1.29 is 9.59 Å². The van der Waals surface area contributed by atoms with Crippen LogP contribution in [0.1, 0.15) is 46.0 Å². The lowest BCUT2D eigenvalue weighted by Gasteiger charge is -2.45. The molecule has 3 nitrogen and oxygen atoms in total. The number of rotatable bonds is 4. The van der Waals surface area contributed by atoms with Crippen LogP contribution >= 0.6 is 0 Å². The van der Waals surface area contributed by atoms with Gasteiger partial charge in [0.25, 0.3) is 0 Å². The number of carbonyl (C=O) groups is 2. The van der Waals surface area contributed by atoms with E-state index in [0.29, 0.717) is 17.9 Å². The van der Waals surface area contributed by atoms with Crippen molar-refractivity contribution in [1.29, 1.82) is 0 Å². The summed E-state index contributed by atoms with van der Waals surface area (Å²) < 4.78 is 0. The molecule has 2 fully saturated rings. The summed E-state index contributed by atoms with van der Waals surface area (Å²) in [5.74, 6) is 0.803. The summed E-state index contributed by atoms with van der Waals surface area (Å²) in [6.45, 7) is 5.64. The van der Waals surface area contributed by atoms with E-state index in [1.807, 2.05) is 0 Å². The molecule has 0 aromatic carbocycles. The van der Waals surface area contributed by atoms with Crippen molar-refractivity contribution in [2.24, 2.45) is 11.3 Å². The van der Waals surface area contributed by atoms with Crippen LogP contribution in [0.2, 0.25) is 0 Å². The number of Topliss-reactive ketones (excluding diaryl/α,β-unsaturated/α-hetero) is 1. The van der Waals surface area contributed by atoms with Crippen LogP contribution in [0, 0.1) is 11.3 Å². The van der Waals surface area contributed by atoms with E-state index in [-0.39, 0.29) is 18.1 Å². The van der Waals surface area contributed by atoms with Crippen molar-refractivity contribution in [1.82, 2.24) is 4.90 Å². The second-order valence-corrected chi connectivity index (χ2v) is 5.92. The van der Waals surface area contributed by atoms with Crippen LogP contribution in [0.25, 0.3) is 0 Å². The molecule has 0 spiro atoms. The van der Waals surface area contributed by atoms with E-state index in [1.54, 1.807) is 4.90 Å². The second-order valence-electron chi connectivity index (χ2n) is 5.92. The third kappa shape index (κ3) is 2.28. The first-order valence-electron chi connectivity index (χ1n) is 6.30. The van der Waals surface area contributed by atoms with Gasteiger partial charge in [0, 0.05) is 6.54 Å². The van der Waals surface area contributed by atoms with Crippen LogP contribution in [-0.2, 0) is 9.59 Å². The molecule has 0 radical (unpaired) electrons. The molecule has 0 unspecified atom stereocenters. The maximum Gasteiger partial charge on any atom is 0.230 e. The molecule has 0 aromatic rings. The van der Waals surface area contributed by atoms with Crippen molar-refractivity contribution in [3.05, 3.63) is 0 Å². The van der Waals surface area contributed by atoms with Crippen molar-refractivity contribution in [2.45, 2.75) is 46.0 Å². The highest BCUT2D eigenvalue weighted by atomic mass is 16.2. The van der Waals surface area contributed by atoms with Gasteiger partial charge in [-0.15, -0.1) is 0 Å². The molecule has 1 amide bonds. The number of nitrogens with zero attached hydrogens (tertiary/aromatic N) is 1. The number of hydrogen-bond acceptors (Lipinski definition) is 2. The van der Waals surface area contributed by atoms with Gasteiger partial charge in [-0.1, -0.05) is 20.3 Å². The molecule has 1 aliphatic carbocycles. The summed E-state index contributed by atoms with van der Waals surface area (Å²) in [4.78, 5) is 24.6. The van der Waals surface area contributed by atoms with E-state index >= 15 is 0 Å². The third-order valence-electron chi connectivity index (χ3n) is 3.85. The van der Waals surface area contributed by atoms with E-state index in [0.717, 1.165) is 6.54 Å². The SMILES string of the molecule is CC(C)CC1(CN2CC(=O)CC2=O)CCC1. The lowest BCUT2D eigenvalue weighted by Crippen LogP contribution is -2.43. The van der Waals surface area contributed by atoms with Gasteiger partial charge in [-0.05, 0) is 30.6 Å². The molecule has 90 valence electrons. The number of ketones is 1. The minimum absolute atomic E-state index is 0.0417. The Kier molecular flexibility index (Phi) is 3.04. The molecule has 1 saturated heterocycles. The Morgan fingerprint density at radius 1 is 1.31 bits per heavy atom. The molecule has 0 aromatic heterocycles. The third-order valence-corrected chi connectivity index (χ3v) is 3.85. The molecule has 2 aliphatic rings. The van der Waals surface area contributed by atoms with Crippen molar-refractivity contribution >= 4 is 11.7 Å². The molecule has 1 heterocycles. The molecule has 1 aliphatic heterocycles. The first-order valence-corrected chi connectivity index (χ1v) is 6.30. The first-order chi connectivity index (χ1) is 7.51. The van der Waals surface area contributed by atoms with Crippen LogP contribution in [0.3, 0.4) is 0 Å². The van der Waals surface area contributed by atoms with E-state index in [2.05, 4.69) is 13.8 Å². The molecular formula is C13H21NO2. The fourth-order valence-electron chi connectivity index (χ4n) is 3.16. The quantitative estimate of drug-likeness (QED) is 0.684. The maximum absolute atomic E-state index is 11.6. The summed E-state index contributed by atoms with van der Waals surface area (Å²) in [6, 6.07) is 0. The van der Waals surface area contributed by atoms with E-state index < -0.39 is 0 Å². The van der Waals surface area contributed by atoms with Gasteiger partial charge >= 0.3 is 0 Å². The molecule has 16 heavy (non-hydrogen) atoms. The number of amides is 1. The van der Waals surface area contributed by atoms with E-state index in [1.165, 1.54) is 25.7 Å². The van der Waals surface area contributed by atoms with E-state index in [9.17, 15) is 9.59 Å². The highest BCUT2D eigenvalue weighted by Gasteiger charge is 2.41. The topological polar surface area (TPSA) is 37.4 Å². The van der Waals surface area contributed by atoms with Crippen LogP contribution in [0.15, 0.2) is 0 Å². The van der Waals surface area contributed by atoms with Gasteiger partial charge < -0.3 is 4.90 Å². The minimum Gasteiger partial charge on any atom is -0.334 e. The average molecular weight is 223 g/mol. The predicted molar refractivity (Wildman–Crippen MR) is 61.9 cm³/mol. The van der Waals surface area contributed by atoms with Gasteiger partial charge in [-0.3, -0.25) is 9.59 Å². The zero-order valence-electron chi connectivity index (χ0n) is 10.3. The van der Waals surface area contributed by atoms with Crippen LogP contribution in [0.4, 0.5) is 0 Å². The van der Waals surface area contributed by atoms with Crippen molar-refractivity contribution in [3.8, 4) is 0 Å². The van der Waals surface area contributed by atoms with Gasteiger partial charge in [0.1, 0.15) is 0 Å². The summed E-state index contributed by atoms with van der Waals surface area (Å²) in [7, 11) is 0. The van der Waals surface area contributed by atoms with Gasteiger partial charge in [0.05, 0.1) is 13.0 Å². The average Bonchev–Trinajstić information content (AvgIpc) is 2.40. The minimum atomic E-state index is 0.0417. The van der Waals surface area contributed by atoms with Crippen LogP contribution in [0.5, 0.6) is 0 Å². The summed E-state index contributed by atoms with van der Waals surface area (Å²) in [5, 5.41) is 0. The molecule has 0 bridgehead atoms. The van der Waals surface area contributed by atoms with Gasteiger partial charge in [0.15, 0.2) is 5.78 Å². The van der Waals surface area contributed by atoms with Gasteiger partial charge in [-0.2, -0.15) is 0 Å².